The molecule has 0 radical (unpaired) electrons. The second kappa shape index (κ2) is 5.72. The molecule has 6 rings (SSSR count). The summed E-state index contributed by atoms with van der Waals surface area (Å²) in [7, 11) is 0.926. The molecule has 3 saturated carbocycles. The van der Waals surface area contributed by atoms with E-state index in [9.17, 15) is 5.11 Å². The van der Waals surface area contributed by atoms with Gasteiger partial charge in [0.15, 0.2) is 5.79 Å². The number of rotatable bonds is 0. The van der Waals surface area contributed by atoms with Gasteiger partial charge in [-0.1, -0.05) is 13.8 Å². The predicted molar refractivity (Wildman–Crippen MR) is 107 cm³/mol. The van der Waals surface area contributed by atoms with E-state index in [1.165, 1.54) is 12.6 Å². The third-order valence-corrected chi connectivity index (χ3v) is 12.4. The molecule has 3 aliphatic carbocycles. The minimum atomic E-state index is -0.465. The highest BCUT2D eigenvalue weighted by Gasteiger charge is 2.76. The van der Waals surface area contributed by atoms with E-state index >= 15 is 0 Å². The van der Waals surface area contributed by atoms with Gasteiger partial charge in [0.25, 0.3) is 0 Å². The minimum Gasteiger partial charge on any atom is -0.393 e. The van der Waals surface area contributed by atoms with Crippen molar-refractivity contribution < 1.29 is 24.1 Å². The van der Waals surface area contributed by atoms with Gasteiger partial charge in [-0.25, -0.2) is 0 Å². The number of ether oxygens (including phenoxy) is 4. The third kappa shape index (κ3) is 2.05. The number of aliphatic hydroxyl groups excluding tert-OH is 1. The van der Waals surface area contributed by atoms with E-state index in [1.54, 1.807) is 0 Å². The van der Waals surface area contributed by atoms with Gasteiger partial charge in [-0.3, -0.25) is 0 Å². The van der Waals surface area contributed by atoms with Crippen LogP contribution in [-0.2, 0) is 18.9 Å². The Morgan fingerprint density at radius 2 is 1.71 bits per heavy atom. The number of fused-ring (bicyclic) bond motifs is 5. The van der Waals surface area contributed by atoms with Crippen LogP contribution in [0.25, 0.3) is 0 Å². The fourth-order valence-electron chi connectivity index (χ4n) is 8.44. The van der Waals surface area contributed by atoms with Gasteiger partial charge in [0, 0.05) is 28.8 Å². The smallest absolute Gasteiger partial charge is 0.171 e. The molecule has 6 fully saturated rings. The minimum absolute atomic E-state index is 0.0469. The van der Waals surface area contributed by atoms with E-state index in [-0.39, 0.29) is 22.5 Å². The van der Waals surface area contributed by atoms with E-state index in [0.717, 1.165) is 47.5 Å². The summed E-state index contributed by atoms with van der Waals surface area (Å²) in [6.07, 6.45) is 5.97. The molecule has 5 nitrogen and oxygen atoms in total. The summed E-state index contributed by atoms with van der Waals surface area (Å²) in [5.74, 6) is 0.271. The molecule has 1 N–H and O–H groups in total. The number of aliphatic hydroxyl groups is 1. The molecule has 7 unspecified atom stereocenters. The van der Waals surface area contributed by atoms with Gasteiger partial charge < -0.3 is 24.1 Å². The molecule has 158 valence electrons. The molecule has 2 spiro atoms. The zero-order valence-electron chi connectivity index (χ0n) is 17.5. The maximum absolute atomic E-state index is 11.5. The van der Waals surface area contributed by atoms with Gasteiger partial charge in [0.05, 0.1) is 44.2 Å². The summed E-state index contributed by atoms with van der Waals surface area (Å²) < 4.78 is 25.1. The first kappa shape index (κ1) is 19.0. The highest BCUT2D eigenvalue weighted by Crippen LogP contribution is 2.76. The largest absolute Gasteiger partial charge is 0.393 e. The van der Waals surface area contributed by atoms with E-state index in [1.807, 2.05) is 0 Å². The lowest BCUT2D eigenvalue weighted by molar-refractivity contribution is -0.330. The lowest BCUT2D eigenvalue weighted by Gasteiger charge is -2.74. The van der Waals surface area contributed by atoms with Crippen molar-refractivity contribution in [3.63, 3.8) is 0 Å². The van der Waals surface area contributed by atoms with Crippen molar-refractivity contribution in [2.24, 2.45) is 22.7 Å². The molecular formula is C22H35O5P. The van der Waals surface area contributed by atoms with Crippen LogP contribution in [0.2, 0.25) is 0 Å². The first-order chi connectivity index (χ1) is 13.3. The SMILES string of the molecule is CC12CC3(CCC1(C)[C@@H]1C(CO2)C24CC(OCCP2)C4(C)C[C@@H]1O)OCCO3. The topological polar surface area (TPSA) is 57.2 Å². The molecule has 3 saturated heterocycles. The van der Waals surface area contributed by atoms with Crippen LogP contribution in [0, 0.1) is 22.7 Å². The summed E-state index contributed by atoms with van der Waals surface area (Å²) in [5, 5.41) is 11.8. The first-order valence-corrected chi connectivity index (χ1v) is 12.5. The quantitative estimate of drug-likeness (QED) is 0.623. The van der Waals surface area contributed by atoms with E-state index < -0.39 is 5.79 Å². The van der Waals surface area contributed by atoms with Crippen LogP contribution in [0.1, 0.15) is 52.9 Å². The van der Waals surface area contributed by atoms with Crippen LogP contribution in [0.15, 0.2) is 0 Å². The molecule has 0 aromatic carbocycles. The van der Waals surface area contributed by atoms with Crippen LogP contribution in [0.4, 0.5) is 0 Å². The third-order valence-electron chi connectivity index (χ3n) is 10.2. The van der Waals surface area contributed by atoms with Crippen molar-refractivity contribution in [2.45, 2.75) is 81.6 Å². The lowest BCUT2D eigenvalue weighted by atomic mass is 9.40. The fraction of sp³-hybridized carbons (Fsp3) is 1.00. The van der Waals surface area contributed by atoms with Crippen LogP contribution >= 0.6 is 8.58 Å². The monoisotopic (exact) mass is 410 g/mol. The molecule has 6 aliphatic rings. The predicted octanol–water partition coefficient (Wildman–Crippen LogP) is 2.93. The Morgan fingerprint density at radius 1 is 0.929 bits per heavy atom. The second-order valence-electron chi connectivity index (χ2n) is 11.0. The molecular weight excluding hydrogens is 375 g/mol. The summed E-state index contributed by atoms with van der Waals surface area (Å²) >= 11 is 0. The lowest BCUT2D eigenvalue weighted by Crippen LogP contribution is -2.78. The molecule has 6 heteroatoms. The molecule has 28 heavy (non-hydrogen) atoms. The van der Waals surface area contributed by atoms with Crippen molar-refractivity contribution in [1.82, 2.24) is 0 Å². The zero-order valence-corrected chi connectivity index (χ0v) is 18.5. The standard InChI is InChI=1S/C22H35O5P/c1-18-4-5-21(25-6-7-26-21)13-20(18,3)27-12-14-17(18)15(23)10-19(2)16-11-22(14,19)28-9-8-24-16/h14-17,23,28H,4-13H2,1-3H3/t14?,15-,16?,17+,18?,19?,20?,22?/m0/s1. The number of hydrogen-bond donors (Lipinski definition) is 1. The van der Waals surface area contributed by atoms with Crippen molar-refractivity contribution in [2.75, 3.05) is 32.6 Å². The Balaban J connectivity index is 1.38. The summed E-state index contributed by atoms with van der Waals surface area (Å²) in [6, 6.07) is 0. The van der Waals surface area contributed by atoms with Gasteiger partial charge in [0.2, 0.25) is 0 Å². The highest BCUT2D eigenvalue weighted by atomic mass is 31.1. The summed E-state index contributed by atoms with van der Waals surface area (Å²) in [5.41, 5.74) is -0.242. The van der Waals surface area contributed by atoms with Crippen LogP contribution < -0.4 is 0 Å². The maximum Gasteiger partial charge on any atom is 0.171 e. The van der Waals surface area contributed by atoms with Crippen molar-refractivity contribution in [3.8, 4) is 0 Å². The Morgan fingerprint density at radius 3 is 2.50 bits per heavy atom. The Bertz CT molecular complexity index is 678. The van der Waals surface area contributed by atoms with Gasteiger partial charge >= 0.3 is 0 Å². The maximum atomic E-state index is 11.5. The zero-order chi connectivity index (χ0) is 19.4. The van der Waals surface area contributed by atoms with Gasteiger partial charge in [-0.2, -0.15) is 0 Å². The Kier molecular flexibility index (Phi) is 3.87. The van der Waals surface area contributed by atoms with E-state index in [4.69, 9.17) is 18.9 Å². The average Bonchev–Trinajstić information content (AvgIpc) is 2.88. The van der Waals surface area contributed by atoms with E-state index in [0.29, 0.717) is 36.3 Å². The van der Waals surface area contributed by atoms with Gasteiger partial charge in [-0.05, 0) is 44.2 Å². The Hall–Kier alpha value is 0.230. The first-order valence-electron chi connectivity index (χ1n) is 11.2. The summed E-state index contributed by atoms with van der Waals surface area (Å²) in [4.78, 5) is 0. The van der Waals surface area contributed by atoms with Crippen molar-refractivity contribution >= 4 is 8.58 Å². The second-order valence-corrected chi connectivity index (χ2v) is 12.8. The van der Waals surface area contributed by atoms with Crippen LogP contribution in [-0.4, -0.2) is 66.4 Å². The molecule has 9 atom stereocenters. The summed E-state index contributed by atoms with van der Waals surface area (Å²) in [6.45, 7) is 10.1. The fourth-order valence-corrected chi connectivity index (χ4v) is 10.6. The highest BCUT2D eigenvalue weighted by molar-refractivity contribution is 7.40. The molecule has 2 bridgehead atoms. The van der Waals surface area contributed by atoms with E-state index in [2.05, 4.69) is 20.8 Å². The van der Waals surface area contributed by atoms with Gasteiger partial charge in [-0.15, -0.1) is 8.58 Å². The number of hydrogen-bond acceptors (Lipinski definition) is 5. The van der Waals surface area contributed by atoms with Crippen LogP contribution in [0.5, 0.6) is 0 Å². The van der Waals surface area contributed by atoms with Crippen LogP contribution in [0.3, 0.4) is 0 Å². The Labute approximate surface area is 170 Å². The molecule has 3 heterocycles. The van der Waals surface area contributed by atoms with Crippen molar-refractivity contribution in [3.05, 3.63) is 0 Å². The average molecular weight is 410 g/mol. The molecule has 0 aromatic heterocycles. The molecule has 3 aliphatic heterocycles. The van der Waals surface area contributed by atoms with Crippen molar-refractivity contribution in [1.29, 1.82) is 0 Å². The molecule has 0 amide bonds. The normalized spacial score (nSPS) is 60.4. The molecule has 0 aromatic rings. The van der Waals surface area contributed by atoms with Gasteiger partial charge in [0.1, 0.15) is 0 Å².